The van der Waals surface area contributed by atoms with Gasteiger partial charge >= 0.3 is 0 Å². The smallest absolute Gasteiger partial charge is 0.258 e. The third-order valence-electron chi connectivity index (χ3n) is 4.07. The highest BCUT2D eigenvalue weighted by molar-refractivity contribution is 6.30. The first-order chi connectivity index (χ1) is 11.5. The molecule has 4 nitrogen and oxygen atoms in total. The molecule has 2 aromatic rings. The highest BCUT2D eigenvalue weighted by atomic mass is 35.5. The van der Waals surface area contributed by atoms with Gasteiger partial charge in [0, 0.05) is 17.0 Å². The van der Waals surface area contributed by atoms with Crippen LogP contribution in [-0.2, 0) is 4.79 Å². The Morgan fingerprint density at radius 2 is 2.00 bits per heavy atom. The third kappa shape index (κ3) is 3.65. The largest absolute Gasteiger partial charge is 0.493 e. The van der Waals surface area contributed by atoms with Crippen molar-refractivity contribution in [3.63, 3.8) is 0 Å². The molecule has 3 rings (SSSR count). The minimum Gasteiger partial charge on any atom is -0.493 e. The molecule has 0 aromatic heterocycles. The Labute approximate surface area is 146 Å². The fourth-order valence-corrected chi connectivity index (χ4v) is 3.32. The van der Waals surface area contributed by atoms with E-state index in [1.54, 1.807) is 0 Å². The van der Waals surface area contributed by atoms with E-state index >= 15 is 0 Å². The SMILES string of the molecule is Cc1cc(Cl)cc(C)c1OCC(=O)N[C@H]1CCOc2ccccc21. The van der Waals surface area contributed by atoms with Gasteiger partial charge in [0.1, 0.15) is 11.5 Å². The zero-order chi connectivity index (χ0) is 17.1. The summed E-state index contributed by atoms with van der Waals surface area (Å²) in [5.41, 5.74) is 2.85. The molecule has 0 spiro atoms. The van der Waals surface area contributed by atoms with Gasteiger partial charge < -0.3 is 14.8 Å². The predicted octanol–water partition coefficient (Wildman–Crippen LogP) is 3.98. The van der Waals surface area contributed by atoms with Gasteiger partial charge in [0.15, 0.2) is 6.61 Å². The summed E-state index contributed by atoms with van der Waals surface area (Å²) >= 11 is 6.01. The van der Waals surface area contributed by atoms with Crippen LogP contribution in [0.4, 0.5) is 0 Å². The van der Waals surface area contributed by atoms with Crippen LogP contribution in [0.5, 0.6) is 11.5 Å². The maximum atomic E-state index is 12.3. The molecule has 5 heteroatoms. The first kappa shape index (κ1) is 16.7. The highest BCUT2D eigenvalue weighted by Crippen LogP contribution is 2.31. The minimum absolute atomic E-state index is 0.0250. The standard InChI is InChI=1S/C19H20ClNO3/c1-12-9-14(20)10-13(2)19(12)24-11-18(22)21-16-7-8-23-17-6-4-3-5-15(16)17/h3-6,9-10,16H,7-8,11H2,1-2H3,(H,21,22)/t16-/m0/s1. The lowest BCUT2D eigenvalue weighted by Gasteiger charge is -2.26. The number of hydrogen-bond acceptors (Lipinski definition) is 3. The van der Waals surface area contributed by atoms with Crippen molar-refractivity contribution < 1.29 is 14.3 Å². The summed E-state index contributed by atoms with van der Waals surface area (Å²) in [6, 6.07) is 11.4. The highest BCUT2D eigenvalue weighted by Gasteiger charge is 2.22. The molecule has 1 aliphatic heterocycles. The number of fused-ring (bicyclic) bond motifs is 1. The Balaban J connectivity index is 1.63. The van der Waals surface area contributed by atoms with Gasteiger partial charge in [-0.15, -0.1) is 0 Å². The van der Waals surface area contributed by atoms with Crippen LogP contribution >= 0.6 is 11.6 Å². The van der Waals surface area contributed by atoms with Gasteiger partial charge in [0.05, 0.1) is 12.6 Å². The molecule has 24 heavy (non-hydrogen) atoms. The maximum Gasteiger partial charge on any atom is 0.258 e. The molecular formula is C19H20ClNO3. The molecular weight excluding hydrogens is 326 g/mol. The van der Waals surface area contributed by atoms with Crippen LogP contribution in [-0.4, -0.2) is 19.1 Å². The van der Waals surface area contributed by atoms with Crippen LogP contribution in [0.2, 0.25) is 5.02 Å². The first-order valence-corrected chi connectivity index (χ1v) is 8.33. The molecule has 1 heterocycles. The lowest BCUT2D eigenvalue weighted by atomic mass is 10.0. The quantitative estimate of drug-likeness (QED) is 0.911. The van der Waals surface area contributed by atoms with Crippen molar-refractivity contribution in [2.24, 2.45) is 0 Å². The summed E-state index contributed by atoms with van der Waals surface area (Å²) in [6.07, 6.45) is 0.752. The number of carbonyl (C=O) groups is 1. The van der Waals surface area contributed by atoms with Crippen molar-refractivity contribution in [2.75, 3.05) is 13.2 Å². The Bertz CT molecular complexity index is 737. The van der Waals surface area contributed by atoms with E-state index in [9.17, 15) is 4.79 Å². The van der Waals surface area contributed by atoms with Gasteiger partial charge in [0.2, 0.25) is 0 Å². The molecule has 1 N–H and O–H groups in total. The van der Waals surface area contributed by atoms with Gasteiger partial charge in [-0.2, -0.15) is 0 Å². The Hall–Kier alpha value is -2.20. The summed E-state index contributed by atoms with van der Waals surface area (Å²) in [7, 11) is 0. The van der Waals surface area contributed by atoms with Crippen LogP contribution in [0.15, 0.2) is 36.4 Å². The second-order valence-electron chi connectivity index (χ2n) is 5.95. The van der Waals surface area contributed by atoms with E-state index in [4.69, 9.17) is 21.1 Å². The van der Waals surface area contributed by atoms with Gasteiger partial charge in [-0.3, -0.25) is 4.79 Å². The lowest BCUT2D eigenvalue weighted by Crippen LogP contribution is -2.35. The number of amides is 1. The molecule has 0 unspecified atom stereocenters. The number of carbonyl (C=O) groups excluding carboxylic acids is 1. The van der Waals surface area contributed by atoms with E-state index in [0.29, 0.717) is 17.4 Å². The Morgan fingerprint density at radius 3 is 2.75 bits per heavy atom. The number of hydrogen-bond donors (Lipinski definition) is 1. The average Bonchev–Trinajstić information content (AvgIpc) is 2.54. The van der Waals surface area contributed by atoms with Crippen molar-refractivity contribution in [3.8, 4) is 11.5 Å². The molecule has 0 radical (unpaired) electrons. The van der Waals surface area contributed by atoms with Crippen molar-refractivity contribution in [3.05, 3.63) is 58.1 Å². The monoisotopic (exact) mass is 345 g/mol. The van der Waals surface area contributed by atoms with Crippen LogP contribution in [0.25, 0.3) is 0 Å². The topological polar surface area (TPSA) is 47.6 Å². The molecule has 0 saturated carbocycles. The van der Waals surface area contributed by atoms with Gasteiger partial charge in [-0.1, -0.05) is 29.8 Å². The fraction of sp³-hybridized carbons (Fsp3) is 0.316. The normalized spacial score (nSPS) is 16.0. The summed E-state index contributed by atoms with van der Waals surface area (Å²) in [4.78, 5) is 12.3. The number of aryl methyl sites for hydroxylation is 2. The van der Waals surface area contributed by atoms with Gasteiger partial charge in [-0.05, 0) is 43.2 Å². The first-order valence-electron chi connectivity index (χ1n) is 7.95. The Morgan fingerprint density at radius 1 is 1.29 bits per heavy atom. The van der Waals surface area contributed by atoms with Crippen molar-refractivity contribution in [2.45, 2.75) is 26.3 Å². The maximum absolute atomic E-state index is 12.3. The van der Waals surface area contributed by atoms with Gasteiger partial charge in [-0.25, -0.2) is 0 Å². The van der Waals surface area contributed by atoms with Crippen LogP contribution in [0.1, 0.15) is 29.2 Å². The number of benzene rings is 2. The van der Waals surface area contributed by atoms with E-state index in [0.717, 1.165) is 28.9 Å². The summed E-state index contributed by atoms with van der Waals surface area (Å²) < 4.78 is 11.3. The average molecular weight is 346 g/mol. The third-order valence-corrected chi connectivity index (χ3v) is 4.28. The van der Waals surface area contributed by atoms with E-state index in [2.05, 4.69) is 5.32 Å². The molecule has 0 saturated heterocycles. The fourth-order valence-electron chi connectivity index (χ4n) is 2.99. The molecule has 0 aliphatic carbocycles. The zero-order valence-electron chi connectivity index (χ0n) is 13.8. The summed E-state index contributed by atoms with van der Waals surface area (Å²) in [5, 5.41) is 3.69. The van der Waals surface area contributed by atoms with Crippen LogP contribution in [0, 0.1) is 13.8 Å². The molecule has 126 valence electrons. The Kier molecular flexibility index (Phi) is 4.95. The second-order valence-corrected chi connectivity index (χ2v) is 6.39. The second kappa shape index (κ2) is 7.14. The van der Waals surface area contributed by atoms with Crippen molar-refractivity contribution in [1.82, 2.24) is 5.32 Å². The lowest BCUT2D eigenvalue weighted by molar-refractivity contribution is -0.124. The molecule has 1 aliphatic rings. The molecule has 1 amide bonds. The zero-order valence-corrected chi connectivity index (χ0v) is 14.5. The molecule has 1 atom stereocenters. The molecule has 2 aromatic carbocycles. The number of ether oxygens (including phenoxy) is 2. The van der Waals surface area contributed by atoms with E-state index < -0.39 is 0 Å². The number of nitrogens with one attached hydrogen (secondary N) is 1. The van der Waals surface area contributed by atoms with E-state index in [1.165, 1.54) is 0 Å². The summed E-state index contributed by atoms with van der Waals surface area (Å²) in [5.74, 6) is 1.40. The number of para-hydroxylation sites is 1. The van der Waals surface area contributed by atoms with Gasteiger partial charge in [0.25, 0.3) is 5.91 Å². The van der Waals surface area contributed by atoms with Crippen molar-refractivity contribution in [1.29, 1.82) is 0 Å². The number of halogens is 1. The van der Waals surface area contributed by atoms with Crippen LogP contribution in [0.3, 0.4) is 0 Å². The van der Waals surface area contributed by atoms with Crippen molar-refractivity contribution >= 4 is 17.5 Å². The molecule has 0 fully saturated rings. The predicted molar refractivity (Wildman–Crippen MR) is 93.9 cm³/mol. The minimum atomic E-state index is -0.148. The summed E-state index contributed by atoms with van der Waals surface area (Å²) in [6.45, 7) is 4.41. The van der Waals surface area contributed by atoms with Crippen LogP contribution < -0.4 is 14.8 Å². The number of rotatable bonds is 4. The van der Waals surface area contributed by atoms with E-state index in [-0.39, 0.29) is 18.6 Å². The molecule has 0 bridgehead atoms. The van der Waals surface area contributed by atoms with E-state index in [1.807, 2.05) is 50.2 Å².